The van der Waals surface area contributed by atoms with Crippen molar-refractivity contribution in [3.8, 4) is 11.5 Å². The Morgan fingerprint density at radius 2 is 1.43 bits per heavy atom. The molecule has 0 fully saturated rings. The summed E-state index contributed by atoms with van der Waals surface area (Å²) in [6.45, 7) is 1.90. The van der Waals surface area contributed by atoms with Crippen molar-refractivity contribution in [2.45, 2.75) is 11.8 Å². The van der Waals surface area contributed by atoms with Crippen LogP contribution in [0.3, 0.4) is 0 Å². The number of benzene rings is 3. The molecule has 0 saturated heterocycles. The lowest BCUT2D eigenvalue weighted by Gasteiger charge is -2.15. The number of nitrogens with zero attached hydrogens (tertiary/aromatic N) is 2. The van der Waals surface area contributed by atoms with Crippen LogP contribution in [-0.4, -0.2) is 45.3 Å². The molecule has 192 valence electrons. The first-order valence-electron chi connectivity index (χ1n) is 11.1. The molecule has 0 atom stereocenters. The Labute approximate surface area is 213 Å². The van der Waals surface area contributed by atoms with Gasteiger partial charge in [-0.1, -0.05) is 12.1 Å². The van der Waals surface area contributed by atoms with Gasteiger partial charge in [-0.25, -0.2) is 23.2 Å². The number of nitrogens with one attached hydrogen (secondary N) is 3. The van der Waals surface area contributed by atoms with E-state index in [9.17, 15) is 13.2 Å². The zero-order chi connectivity index (χ0) is 26.4. The number of ether oxygens (including phenoxy) is 3. The first-order chi connectivity index (χ1) is 17.8. The van der Waals surface area contributed by atoms with E-state index in [-0.39, 0.29) is 23.1 Å². The molecule has 0 aliphatic heterocycles. The van der Waals surface area contributed by atoms with Crippen molar-refractivity contribution in [1.82, 2.24) is 9.97 Å². The summed E-state index contributed by atoms with van der Waals surface area (Å²) in [5, 5.41) is 5.63. The van der Waals surface area contributed by atoms with E-state index >= 15 is 0 Å². The highest BCUT2D eigenvalue weighted by Gasteiger charge is 2.20. The summed E-state index contributed by atoms with van der Waals surface area (Å²) in [7, 11) is -1.01. The van der Waals surface area contributed by atoms with Crippen molar-refractivity contribution in [2.75, 3.05) is 36.2 Å². The standard InChI is InChI=1S/C25H25N5O6S/c1-4-36-25(31)27-16-9-11-20(12-10-16)37(32,33)30-24-23(28-21-7-5-6-8-22(21)29-24)26-17-13-18(34-2)15-19(14-17)35-3/h5-15H,4H2,1-3H3,(H,26,28)(H,27,31)(H,29,30). The van der Waals surface area contributed by atoms with Gasteiger partial charge in [-0.3, -0.25) is 10.0 Å². The molecule has 12 heteroatoms. The normalized spacial score (nSPS) is 11.0. The number of anilines is 4. The smallest absolute Gasteiger partial charge is 0.411 e. The average Bonchev–Trinajstić information content (AvgIpc) is 2.89. The maximum atomic E-state index is 13.2. The molecule has 3 N–H and O–H groups in total. The molecule has 0 aliphatic carbocycles. The van der Waals surface area contributed by atoms with Crippen molar-refractivity contribution >= 4 is 50.2 Å². The van der Waals surface area contributed by atoms with Gasteiger partial charge >= 0.3 is 6.09 Å². The monoisotopic (exact) mass is 523 g/mol. The van der Waals surface area contributed by atoms with Crippen LogP contribution in [-0.2, 0) is 14.8 Å². The van der Waals surface area contributed by atoms with Crippen LogP contribution in [0.4, 0.5) is 27.8 Å². The third-order valence-electron chi connectivity index (χ3n) is 5.10. The number of hydrogen-bond acceptors (Lipinski definition) is 9. The van der Waals surface area contributed by atoms with Crippen LogP contribution in [0.15, 0.2) is 71.6 Å². The molecule has 4 rings (SSSR count). The Hall–Kier alpha value is -4.58. The number of rotatable bonds is 9. The summed E-state index contributed by atoms with van der Waals surface area (Å²) in [4.78, 5) is 20.6. The number of carbonyl (C=O) groups excluding carboxylic acids is 1. The van der Waals surface area contributed by atoms with E-state index < -0.39 is 16.1 Å². The number of fused-ring (bicyclic) bond motifs is 1. The summed E-state index contributed by atoms with van der Waals surface area (Å²) >= 11 is 0. The molecule has 11 nitrogen and oxygen atoms in total. The average molecular weight is 524 g/mol. The number of aromatic nitrogens is 2. The highest BCUT2D eigenvalue weighted by Crippen LogP contribution is 2.31. The molecule has 1 heterocycles. The van der Waals surface area contributed by atoms with Gasteiger partial charge in [0.15, 0.2) is 11.6 Å². The van der Waals surface area contributed by atoms with Gasteiger partial charge in [-0.2, -0.15) is 0 Å². The Morgan fingerprint density at radius 1 is 0.838 bits per heavy atom. The molecule has 37 heavy (non-hydrogen) atoms. The van der Waals surface area contributed by atoms with Crippen LogP contribution < -0.4 is 24.8 Å². The predicted octanol–water partition coefficient (Wildman–Crippen LogP) is 4.76. The number of hydrogen-bond donors (Lipinski definition) is 3. The maximum absolute atomic E-state index is 13.2. The Morgan fingerprint density at radius 3 is 2.00 bits per heavy atom. The number of methoxy groups -OCH3 is 2. The molecule has 4 aromatic rings. The summed E-state index contributed by atoms with van der Waals surface area (Å²) < 4.78 is 44.4. The summed E-state index contributed by atoms with van der Waals surface area (Å²) in [5.41, 5.74) is 2.01. The van der Waals surface area contributed by atoms with Crippen LogP contribution in [0.1, 0.15) is 6.92 Å². The first kappa shape index (κ1) is 25.5. The quantitative estimate of drug-likeness (QED) is 0.283. The molecular weight excluding hydrogens is 498 g/mol. The lowest BCUT2D eigenvalue weighted by atomic mass is 10.2. The molecule has 3 aromatic carbocycles. The van der Waals surface area contributed by atoms with Gasteiger partial charge in [0.25, 0.3) is 10.0 Å². The van der Waals surface area contributed by atoms with Crippen molar-refractivity contribution in [3.63, 3.8) is 0 Å². The van der Waals surface area contributed by atoms with Gasteiger partial charge in [0.2, 0.25) is 0 Å². The summed E-state index contributed by atoms with van der Waals surface area (Å²) in [5.74, 6) is 1.25. The van der Waals surface area contributed by atoms with E-state index in [1.54, 1.807) is 43.3 Å². The SMILES string of the molecule is CCOC(=O)Nc1ccc(S(=O)(=O)Nc2nc3ccccc3nc2Nc2cc(OC)cc(OC)c2)cc1. The Balaban J connectivity index is 1.67. The topological polar surface area (TPSA) is 141 Å². The summed E-state index contributed by atoms with van der Waals surface area (Å²) in [6.07, 6.45) is -0.632. The van der Waals surface area contributed by atoms with Gasteiger partial charge in [-0.15, -0.1) is 0 Å². The third kappa shape index (κ3) is 6.16. The fourth-order valence-corrected chi connectivity index (χ4v) is 4.37. The second kappa shape index (κ2) is 11.0. The second-order valence-corrected chi connectivity index (χ2v) is 9.29. The maximum Gasteiger partial charge on any atom is 0.411 e. The number of carbonyl (C=O) groups is 1. The van der Waals surface area contributed by atoms with E-state index in [2.05, 4.69) is 25.3 Å². The van der Waals surface area contributed by atoms with E-state index in [0.29, 0.717) is 33.9 Å². The fraction of sp³-hybridized carbons (Fsp3) is 0.160. The minimum Gasteiger partial charge on any atom is -0.497 e. The van der Waals surface area contributed by atoms with Crippen molar-refractivity contribution in [1.29, 1.82) is 0 Å². The molecule has 0 saturated carbocycles. The number of para-hydroxylation sites is 2. The lowest BCUT2D eigenvalue weighted by molar-refractivity contribution is 0.168. The highest BCUT2D eigenvalue weighted by atomic mass is 32.2. The Kier molecular flexibility index (Phi) is 7.58. The first-order valence-corrected chi connectivity index (χ1v) is 12.6. The van der Waals surface area contributed by atoms with Crippen molar-refractivity contribution < 1.29 is 27.4 Å². The van der Waals surface area contributed by atoms with Gasteiger partial charge in [0.1, 0.15) is 11.5 Å². The van der Waals surface area contributed by atoms with E-state index in [1.807, 2.05) is 6.07 Å². The third-order valence-corrected chi connectivity index (χ3v) is 6.46. The molecule has 0 unspecified atom stereocenters. The van der Waals surface area contributed by atoms with Crippen LogP contribution in [0.2, 0.25) is 0 Å². The molecular formula is C25H25N5O6S. The zero-order valence-corrected chi connectivity index (χ0v) is 21.1. The molecule has 1 aromatic heterocycles. The Bertz CT molecular complexity index is 1500. The minimum absolute atomic E-state index is 0.00536. The van der Waals surface area contributed by atoms with E-state index in [1.165, 1.54) is 38.5 Å². The van der Waals surface area contributed by atoms with Crippen molar-refractivity contribution in [2.24, 2.45) is 0 Å². The van der Waals surface area contributed by atoms with Crippen LogP contribution in [0.5, 0.6) is 11.5 Å². The zero-order valence-electron chi connectivity index (χ0n) is 20.3. The minimum atomic E-state index is -4.06. The highest BCUT2D eigenvalue weighted by molar-refractivity contribution is 7.92. The second-order valence-electron chi connectivity index (χ2n) is 7.61. The predicted molar refractivity (Wildman–Crippen MR) is 140 cm³/mol. The van der Waals surface area contributed by atoms with Crippen LogP contribution >= 0.6 is 0 Å². The number of amides is 1. The molecule has 0 aliphatic rings. The van der Waals surface area contributed by atoms with Gasteiger partial charge in [0, 0.05) is 29.6 Å². The van der Waals surface area contributed by atoms with E-state index in [0.717, 1.165) is 0 Å². The molecule has 0 bridgehead atoms. The molecule has 1 amide bonds. The molecule has 0 radical (unpaired) electrons. The van der Waals surface area contributed by atoms with Crippen LogP contribution in [0.25, 0.3) is 11.0 Å². The van der Waals surface area contributed by atoms with Gasteiger partial charge < -0.3 is 19.5 Å². The van der Waals surface area contributed by atoms with E-state index in [4.69, 9.17) is 14.2 Å². The largest absolute Gasteiger partial charge is 0.497 e. The lowest BCUT2D eigenvalue weighted by Crippen LogP contribution is -2.16. The fourth-order valence-electron chi connectivity index (χ4n) is 3.36. The van der Waals surface area contributed by atoms with Crippen LogP contribution in [0, 0.1) is 0 Å². The number of sulfonamides is 1. The van der Waals surface area contributed by atoms with Gasteiger partial charge in [0.05, 0.1) is 36.8 Å². The molecule has 0 spiro atoms. The van der Waals surface area contributed by atoms with Crippen molar-refractivity contribution in [3.05, 3.63) is 66.7 Å². The summed E-state index contributed by atoms with van der Waals surface area (Å²) in [6, 6.07) is 17.9. The van der Waals surface area contributed by atoms with Gasteiger partial charge in [-0.05, 0) is 43.3 Å².